The van der Waals surface area contributed by atoms with Crippen molar-refractivity contribution in [1.82, 2.24) is 15.0 Å². The molecule has 0 saturated heterocycles. The van der Waals surface area contributed by atoms with Gasteiger partial charge >= 0.3 is 0 Å². The summed E-state index contributed by atoms with van der Waals surface area (Å²) in [6.07, 6.45) is 1.67. The number of nitrogens with zero attached hydrogens (tertiary/aromatic N) is 2. The number of hydrogen-bond acceptors (Lipinski definition) is 6. The Morgan fingerprint density at radius 3 is 2.95 bits per heavy atom. The molecule has 0 aliphatic carbocycles. The fourth-order valence-corrected chi connectivity index (χ4v) is 3.04. The van der Waals surface area contributed by atoms with Gasteiger partial charge in [-0.1, -0.05) is 25.1 Å². The second-order valence-corrected chi connectivity index (χ2v) is 6.24. The fourth-order valence-electron chi connectivity index (χ4n) is 1.64. The van der Waals surface area contributed by atoms with Crippen LogP contribution in [0, 0.1) is 6.92 Å². The van der Waals surface area contributed by atoms with E-state index in [0.29, 0.717) is 10.3 Å². The smallest absolute Gasteiger partial charge is 0.251 e. The number of amides is 1. The van der Waals surface area contributed by atoms with Gasteiger partial charge in [-0.25, -0.2) is 9.97 Å². The maximum absolute atomic E-state index is 11.8. The Morgan fingerprint density at radius 2 is 2.29 bits per heavy atom. The summed E-state index contributed by atoms with van der Waals surface area (Å²) in [6.45, 7) is 3.90. The molecular weight excluding hydrogens is 308 g/mol. The van der Waals surface area contributed by atoms with Crippen molar-refractivity contribution in [1.29, 1.82) is 0 Å². The summed E-state index contributed by atoms with van der Waals surface area (Å²) in [5, 5.41) is 5.64. The highest BCUT2D eigenvalue weighted by molar-refractivity contribution is 7.99. The normalized spacial score (nSPS) is 10.6. The molecule has 2 heterocycles. The van der Waals surface area contributed by atoms with Gasteiger partial charge in [0, 0.05) is 17.1 Å². The highest BCUT2D eigenvalue weighted by atomic mass is 32.2. The van der Waals surface area contributed by atoms with E-state index in [2.05, 4.69) is 20.3 Å². The number of carbonyl (C=O) groups excluding carboxylic acids is 1. The molecule has 2 aromatic rings. The van der Waals surface area contributed by atoms with Gasteiger partial charge in [-0.2, -0.15) is 0 Å². The molecule has 6 nitrogen and oxygen atoms in total. The van der Waals surface area contributed by atoms with Gasteiger partial charge in [0.2, 0.25) is 5.91 Å². The molecule has 0 atom stereocenters. The Balaban J connectivity index is 1.93. The molecule has 0 bridgehead atoms. The highest BCUT2D eigenvalue weighted by Gasteiger charge is 2.08. The van der Waals surface area contributed by atoms with E-state index in [0.717, 1.165) is 24.2 Å². The second-order valence-electron chi connectivity index (χ2n) is 4.42. The lowest BCUT2D eigenvalue weighted by Crippen LogP contribution is -2.15. The third-order valence-electron chi connectivity index (χ3n) is 2.48. The molecule has 0 aliphatic rings. The Morgan fingerprint density at radius 1 is 1.48 bits per heavy atom. The van der Waals surface area contributed by atoms with E-state index in [4.69, 9.17) is 0 Å². The zero-order valence-electron chi connectivity index (χ0n) is 11.8. The van der Waals surface area contributed by atoms with E-state index in [1.54, 1.807) is 0 Å². The molecule has 0 aromatic carbocycles. The summed E-state index contributed by atoms with van der Waals surface area (Å²) in [5.41, 5.74) is 1.44. The van der Waals surface area contributed by atoms with Crippen LogP contribution in [0.4, 0.5) is 5.13 Å². The number of thiazole rings is 1. The van der Waals surface area contributed by atoms with E-state index >= 15 is 0 Å². The molecule has 0 saturated carbocycles. The number of hydrogen-bond donors (Lipinski definition) is 2. The van der Waals surface area contributed by atoms with Crippen molar-refractivity contribution in [3.05, 3.63) is 33.2 Å². The Labute approximate surface area is 130 Å². The quantitative estimate of drug-likeness (QED) is 0.628. The van der Waals surface area contributed by atoms with E-state index in [9.17, 15) is 9.59 Å². The zero-order chi connectivity index (χ0) is 15.2. The first-order valence-electron chi connectivity index (χ1n) is 6.52. The lowest BCUT2D eigenvalue weighted by Gasteiger charge is -2.03. The third-order valence-corrected chi connectivity index (χ3v) is 4.23. The van der Waals surface area contributed by atoms with Crippen molar-refractivity contribution < 1.29 is 4.79 Å². The summed E-state index contributed by atoms with van der Waals surface area (Å²) in [7, 11) is 0. The van der Waals surface area contributed by atoms with Gasteiger partial charge in [-0.05, 0) is 13.3 Å². The van der Waals surface area contributed by atoms with Crippen LogP contribution in [0.1, 0.15) is 24.7 Å². The number of anilines is 1. The van der Waals surface area contributed by atoms with Gasteiger partial charge in [0.25, 0.3) is 5.56 Å². The molecule has 1 amide bonds. The molecule has 0 aliphatic heterocycles. The van der Waals surface area contributed by atoms with Crippen molar-refractivity contribution in [2.45, 2.75) is 31.8 Å². The van der Waals surface area contributed by atoms with Crippen LogP contribution < -0.4 is 10.9 Å². The second kappa shape index (κ2) is 7.37. The summed E-state index contributed by atoms with van der Waals surface area (Å²) in [6, 6.07) is 1.49. The van der Waals surface area contributed by atoms with Gasteiger partial charge < -0.3 is 10.3 Å². The molecule has 0 spiro atoms. The van der Waals surface area contributed by atoms with E-state index in [1.807, 2.05) is 19.2 Å². The summed E-state index contributed by atoms with van der Waals surface area (Å²) >= 11 is 2.59. The van der Waals surface area contributed by atoms with Gasteiger partial charge in [0.05, 0.1) is 11.4 Å². The Kier molecular flexibility index (Phi) is 5.51. The molecule has 2 N–H and O–H groups in total. The fraction of sp³-hybridized carbons (Fsp3) is 0.385. The number of nitrogens with one attached hydrogen (secondary N) is 2. The number of rotatable bonds is 6. The largest absolute Gasteiger partial charge is 0.301 e. The van der Waals surface area contributed by atoms with Crippen molar-refractivity contribution in [2.24, 2.45) is 0 Å². The standard InChI is InChI=1S/C13H16N4O2S2/c1-3-4-9-5-10(18)16-13(15-9)21-7-11(19)17-12-14-8(2)6-20-12/h5-6H,3-4,7H2,1-2H3,(H,14,17,19)(H,15,16,18). The number of H-pyrrole nitrogens is 1. The minimum Gasteiger partial charge on any atom is -0.301 e. The van der Waals surface area contributed by atoms with Crippen molar-refractivity contribution >= 4 is 34.1 Å². The van der Waals surface area contributed by atoms with Crippen molar-refractivity contribution in [2.75, 3.05) is 11.1 Å². The van der Waals surface area contributed by atoms with Gasteiger partial charge in [-0.15, -0.1) is 11.3 Å². The van der Waals surface area contributed by atoms with Crippen LogP contribution in [0.5, 0.6) is 0 Å². The monoisotopic (exact) mass is 324 g/mol. The van der Waals surface area contributed by atoms with Crippen LogP contribution in [0.15, 0.2) is 21.4 Å². The van der Waals surface area contributed by atoms with E-state index < -0.39 is 0 Å². The van der Waals surface area contributed by atoms with Crippen LogP contribution in [0.25, 0.3) is 0 Å². The van der Waals surface area contributed by atoms with Crippen LogP contribution in [0.3, 0.4) is 0 Å². The van der Waals surface area contributed by atoms with Gasteiger partial charge in [-0.3, -0.25) is 9.59 Å². The van der Waals surface area contributed by atoms with Crippen molar-refractivity contribution in [3.63, 3.8) is 0 Å². The van der Waals surface area contributed by atoms with Crippen LogP contribution in [-0.2, 0) is 11.2 Å². The molecule has 8 heteroatoms. The number of carbonyl (C=O) groups is 1. The van der Waals surface area contributed by atoms with Crippen molar-refractivity contribution in [3.8, 4) is 0 Å². The summed E-state index contributed by atoms with van der Waals surface area (Å²) in [4.78, 5) is 34.4. The molecule has 2 rings (SSSR count). The summed E-state index contributed by atoms with van der Waals surface area (Å²) < 4.78 is 0. The van der Waals surface area contributed by atoms with E-state index in [1.165, 1.54) is 29.2 Å². The lowest BCUT2D eigenvalue weighted by atomic mass is 10.2. The Hall–Kier alpha value is -1.67. The molecule has 0 radical (unpaired) electrons. The molecule has 21 heavy (non-hydrogen) atoms. The molecule has 2 aromatic heterocycles. The minimum atomic E-state index is -0.188. The maximum Gasteiger partial charge on any atom is 0.251 e. The maximum atomic E-state index is 11.8. The first-order valence-corrected chi connectivity index (χ1v) is 8.38. The van der Waals surface area contributed by atoms with Gasteiger partial charge in [0.15, 0.2) is 10.3 Å². The van der Waals surface area contributed by atoms with Crippen LogP contribution in [0.2, 0.25) is 0 Å². The van der Waals surface area contributed by atoms with E-state index in [-0.39, 0.29) is 17.2 Å². The topological polar surface area (TPSA) is 87.7 Å². The molecule has 112 valence electrons. The Bertz CT molecular complexity index is 681. The third kappa shape index (κ3) is 4.98. The zero-order valence-corrected chi connectivity index (χ0v) is 13.4. The number of aromatic nitrogens is 3. The SMILES string of the molecule is CCCc1cc(=O)[nH]c(SCC(=O)Nc2nc(C)cs2)n1. The number of aryl methyl sites for hydroxylation is 2. The lowest BCUT2D eigenvalue weighted by molar-refractivity contribution is -0.113. The first-order chi connectivity index (χ1) is 10.1. The molecule has 0 fully saturated rings. The molecule has 0 unspecified atom stereocenters. The van der Waals surface area contributed by atoms with Gasteiger partial charge in [0.1, 0.15) is 0 Å². The highest BCUT2D eigenvalue weighted by Crippen LogP contribution is 2.16. The first kappa shape index (κ1) is 15.7. The van der Waals surface area contributed by atoms with Crippen LogP contribution in [-0.4, -0.2) is 26.6 Å². The average molecular weight is 324 g/mol. The average Bonchev–Trinajstić information content (AvgIpc) is 2.81. The van der Waals surface area contributed by atoms with Crippen LogP contribution >= 0.6 is 23.1 Å². The number of thioether (sulfide) groups is 1. The summed E-state index contributed by atoms with van der Waals surface area (Å²) in [5.74, 6) is 0.00911. The number of aromatic amines is 1. The minimum absolute atomic E-state index is 0.169. The predicted molar refractivity (Wildman–Crippen MR) is 85.1 cm³/mol. The molecular formula is C13H16N4O2S2. The predicted octanol–water partition coefficient (Wildman–Crippen LogP) is 2.22.